The van der Waals surface area contributed by atoms with E-state index in [0.717, 1.165) is 23.7 Å². The molecule has 1 fully saturated rings. The fraction of sp³-hybridized carbons (Fsp3) is 0.538. The SMILES string of the molecule is O=S(=O)(NCc1cc(Br)ccc1F)C1CCCCC1. The van der Waals surface area contributed by atoms with Crippen molar-refractivity contribution in [1.82, 2.24) is 4.72 Å². The molecule has 1 aromatic carbocycles. The van der Waals surface area contributed by atoms with Crippen LogP contribution in [0.5, 0.6) is 0 Å². The summed E-state index contributed by atoms with van der Waals surface area (Å²) < 4.78 is 41.0. The van der Waals surface area contributed by atoms with Crippen LogP contribution in [0.25, 0.3) is 0 Å². The molecular formula is C13H17BrFNO2S. The summed E-state index contributed by atoms with van der Waals surface area (Å²) in [6.45, 7) is 0.00407. The van der Waals surface area contributed by atoms with Crippen molar-refractivity contribution in [2.45, 2.75) is 43.9 Å². The normalized spacial score (nSPS) is 17.6. The van der Waals surface area contributed by atoms with Crippen molar-refractivity contribution < 1.29 is 12.8 Å². The largest absolute Gasteiger partial charge is 0.214 e. The standard InChI is InChI=1S/C13H17BrFNO2S/c14-11-6-7-13(15)10(8-11)9-16-19(17,18)12-4-2-1-3-5-12/h6-8,12,16H,1-5,9H2. The minimum absolute atomic E-state index is 0.00407. The highest BCUT2D eigenvalue weighted by molar-refractivity contribution is 9.10. The van der Waals surface area contributed by atoms with E-state index in [2.05, 4.69) is 20.7 Å². The maximum Gasteiger partial charge on any atom is 0.214 e. The number of sulfonamides is 1. The summed E-state index contributed by atoms with van der Waals surface area (Å²) in [5.74, 6) is -0.394. The van der Waals surface area contributed by atoms with E-state index >= 15 is 0 Å². The zero-order chi connectivity index (χ0) is 13.9. The molecule has 1 N–H and O–H groups in total. The highest BCUT2D eigenvalue weighted by Gasteiger charge is 2.26. The minimum atomic E-state index is -3.34. The van der Waals surface area contributed by atoms with Gasteiger partial charge in [-0.1, -0.05) is 35.2 Å². The first-order valence-corrected chi connectivity index (χ1v) is 8.75. The zero-order valence-corrected chi connectivity index (χ0v) is 12.9. The molecule has 0 bridgehead atoms. The van der Waals surface area contributed by atoms with Gasteiger partial charge in [0.2, 0.25) is 10.0 Å². The van der Waals surface area contributed by atoms with Crippen LogP contribution in [0.2, 0.25) is 0 Å². The molecule has 0 heterocycles. The predicted molar refractivity (Wildman–Crippen MR) is 76.7 cm³/mol. The van der Waals surface area contributed by atoms with Crippen LogP contribution in [0.15, 0.2) is 22.7 Å². The second-order valence-electron chi connectivity index (χ2n) is 4.86. The lowest BCUT2D eigenvalue weighted by atomic mass is 10.0. The summed E-state index contributed by atoms with van der Waals surface area (Å²) in [6, 6.07) is 4.52. The van der Waals surface area contributed by atoms with Crippen molar-refractivity contribution in [3.8, 4) is 0 Å². The smallest absolute Gasteiger partial charge is 0.212 e. The summed E-state index contributed by atoms with van der Waals surface area (Å²) in [7, 11) is -3.34. The van der Waals surface area contributed by atoms with Crippen molar-refractivity contribution in [3.05, 3.63) is 34.1 Å². The van der Waals surface area contributed by atoms with E-state index in [9.17, 15) is 12.8 Å². The van der Waals surface area contributed by atoms with Gasteiger partial charge in [-0.3, -0.25) is 0 Å². The molecule has 0 spiro atoms. The van der Waals surface area contributed by atoms with Crippen molar-refractivity contribution in [2.24, 2.45) is 0 Å². The van der Waals surface area contributed by atoms with Gasteiger partial charge in [0.05, 0.1) is 5.25 Å². The number of nitrogens with one attached hydrogen (secondary N) is 1. The quantitative estimate of drug-likeness (QED) is 0.905. The minimum Gasteiger partial charge on any atom is -0.212 e. The second-order valence-corrected chi connectivity index (χ2v) is 7.82. The first-order valence-electron chi connectivity index (χ1n) is 6.41. The Bertz CT molecular complexity index is 542. The molecule has 3 nitrogen and oxygen atoms in total. The summed E-state index contributed by atoms with van der Waals surface area (Å²) in [6.07, 6.45) is 4.42. The summed E-state index contributed by atoms with van der Waals surface area (Å²) >= 11 is 3.25. The maximum atomic E-state index is 13.5. The third-order valence-electron chi connectivity index (χ3n) is 3.46. The van der Waals surface area contributed by atoms with E-state index in [1.54, 1.807) is 12.1 Å². The maximum absolute atomic E-state index is 13.5. The Kier molecular flexibility index (Phi) is 4.97. The molecule has 2 rings (SSSR count). The lowest BCUT2D eigenvalue weighted by Crippen LogP contribution is -2.35. The van der Waals surface area contributed by atoms with Crippen LogP contribution < -0.4 is 4.72 Å². The van der Waals surface area contributed by atoms with Gasteiger partial charge in [-0.15, -0.1) is 0 Å². The lowest BCUT2D eigenvalue weighted by molar-refractivity contribution is 0.477. The van der Waals surface area contributed by atoms with Crippen LogP contribution in [-0.2, 0) is 16.6 Å². The molecule has 1 aromatic rings. The topological polar surface area (TPSA) is 46.2 Å². The fourth-order valence-electron chi connectivity index (χ4n) is 2.35. The molecule has 0 aromatic heterocycles. The molecule has 0 radical (unpaired) electrons. The van der Waals surface area contributed by atoms with Gasteiger partial charge in [0.15, 0.2) is 0 Å². The number of benzene rings is 1. The molecule has 0 aliphatic heterocycles. The van der Waals surface area contributed by atoms with Gasteiger partial charge in [0, 0.05) is 16.6 Å². The molecule has 1 saturated carbocycles. The van der Waals surface area contributed by atoms with E-state index in [1.807, 2.05) is 0 Å². The fourth-order valence-corrected chi connectivity index (χ4v) is 4.31. The van der Waals surface area contributed by atoms with Crippen molar-refractivity contribution >= 4 is 26.0 Å². The number of halogens is 2. The Morgan fingerprint density at radius 3 is 2.63 bits per heavy atom. The Morgan fingerprint density at radius 1 is 1.26 bits per heavy atom. The molecule has 0 unspecified atom stereocenters. The van der Waals surface area contributed by atoms with Crippen molar-refractivity contribution in [1.29, 1.82) is 0 Å². The third kappa shape index (κ3) is 4.00. The zero-order valence-electron chi connectivity index (χ0n) is 10.5. The second kappa shape index (κ2) is 6.33. The molecule has 1 aliphatic carbocycles. The molecule has 0 amide bonds. The third-order valence-corrected chi connectivity index (χ3v) is 5.85. The van der Waals surface area contributed by atoms with Crippen LogP contribution in [-0.4, -0.2) is 13.7 Å². The van der Waals surface area contributed by atoms with Crippen LogP contribution in [0.1, 0.15) is 37.7 Å². The van der Waals surface area contributed by atoms with Gasteiger partial charge in [-0.25, -0.2) is 17.5 Å². The van der Waals surface area contributed by atoms with Crippen molar-refractivity contribution in [3.63, 3.8) is 0 Å². The molecule has 106 valence electrons. The molecule has 19 heavy (non-hydrogen) atoms. The Labute approximate surface area is 121 Å². The summed E-state index contributed by atoms with van der Waals surface area (Å²) in [5.41, 5.74) is 0.355. The van der Waals surface area contributed by atoms with E-state index in [1.165, 1.54) is 6.07 Å². The average Bonchev–Trinajstić information content (AvgIpc) is 2.41. The van der Waals surface area contributed by atoms with Gasteiger partial charge in [0.1, 0.15) is 5.82 Å². The van der Waals surface area contributed by atoms with Crippen LogP contribution >= 0.6 is 15.9 Å². The van der Waals surface area contributed by atoms with Gasteiger partial charge >= 0.3 is 0 Å². The van der Waals surface area contributed by atoms with E-state index < -0.39 is 15.8 Å². The van der Waals surface area contributed by atoms with Gasteiger partial charge in [-0.05, 0) is 31.0 Å². The highest BCUT2D eigenvalue weighted by atomic mass is 79.9. The Hall–Kier alpha value is -0.460. The van der Waals surface area contributed by atoms with Crippen LogP contribution in [0.4, 0.5) is 4.39 Å². The van der Waals surface area contributed by atoms with Gasteiger partial charge in [0.25, 0.3) is 0 Å². The Morgan fingerprint density at radius 2 is 1.95 bits per heavy atom. The predicted octanol–water partition coefficient (Wildman–Crippen LogP) is 3.34. The highest BCUT2D eigenvalue weighted by Crippen LogP contribution is 2.23. The molecule has 0 atom stereocenters. The Balaban J connectivity index is 2.02. The number of hydrogen-bond acceptors (Lipinski definition) is 2. The molecule has 0 saturated heterocycles. The van der Waals surface area contributed by atoms with Crippen molar-refractivity contribution in [2.75, 3.05) is 0 Å². The molecule has 1 aliphatic rings. The molecule has 6 heteroatoms. The first kappa shape index (κ1) is 14.9. The monoisotopic (exact) mass is 349 g/mol. The van der Waals surface area contributed by atoms with Gasteiger partial charge < -0.3 is 0 Å². The first-order chi connectivity index (χ1) is 8.99. The van der Waals surface area contributed by atoms with Gasteiger partial charge in [-0.2, -0.15) is 0 Å². The van der Waals surface area contributed by atoms with E-state index in [0.29, 0.717) is 18.4 Å². The average molecular weight is 350 g/mol. The van der Waals surface area contributed by atoms with E-state index in [-0.39, 0.29) is 11.8 Å². The number of rotatable bonds is 4. The summed E-state index contributed by atoms with van der Waals surface area (Å²) in [5, 5.41) is -0.323. The van der Waals surface area contributed by atoms with E-state index in [4.69, 9.17) is 0 Å². The molecular weight excluding hydrogens is 333 g/mol. The lowest BCUT2D eigenvalue weighted by Gasteiger charge is -2.22. The van der Waals surface area contributed by atoms with Crippen LogP contribution in [0.3, 0.4) is 0 Å². The number of hydrogen-bond donors (Lipinski definition) is 1. The van der Waals surface area contributed by atoms with Crippen LogP contribution in [0, 0.1) is 5.82 Å². The summed E-state index contributed by atoms with van der Waals surface area (Å²) in [4.78, 5) is 0.